The lowest BCUT2D eigenvalue weighted by Crippen LogP contribution is -2.30. The first-order valence-electron chi connectivity index (χ1n) is 8.74. The molecule has 0 aliphatic rings. The molecule has 7 nitrogen and oxygen atoms in total. The van der Waals surface area contributed by atoms with Crippen molar-refractivity contribution in [3.8, 4) is 11.3 Å². The SMILES string of the molecule is CCn1ncc2c(C(=O)NS(=O)(=O)c3cc(Cl)sc3Cl)cc(-c3ccccc3)nc21. The minimum atomic E-state index is -4.22. The van der Waals surface area contributed by atoms with Gasteiger partial charge in [-0.25, -0.2) is 22.8 Å². The van der Waals surface area contributed by atoms with Crippen LogP contribution in [-0.4, -0.2) is 29.1 Å². The fourth-order valence-corrected chi connectivity index (χ4v) is 6.08. The molecule has 0 fully saturated rings. The Balaban J connectivity index is 1.82. The maximum absolute atomic E-state index is 13.0. The van der Waals surface area contributed by atoms with Crippen molar-refractivity contribution in [2.75, 3.05) is 0 Å². The van der Waals surface area contributed by atoms with Gasteiger partial charge in [0.2, 0.25) is 0 Å². The van der Waals surface area contributed by atoms with Crippen LogP contribution < -0.4 is 4.72 Å². The Hall–Kier alpha value is -2.46. The molecule has 1 N–H and O–H groups in total. The lowest BCUT2D eigenvalue weighted by atomic mass is 10.1. The maximum atomic E-state index is 13.0. The summed E-state index contributed by atoms with van der Waals surface area (Å²) >= 11 is 12.7. The van der Waals surface area contributed by atoms with E-state index in [0.717, 1.165) is 16.9 Å². The number of thiophene rings is 1. The average molecular weight is 481 g/mol. The number of carbonyl (C=O) groups excluding carboxylic acids is 1. The van der Waals surface area contributed by atoms with E-state index in [9.17, 15) is 13.2 Å². The second kappa shape index (κ2) is 7.99. The third-order valence-electron chi connectivity index (χ3n) is 4.36. The number of carbonyl (C=O) groups is 1. The average Bonchev–Trinajstić information content (AvgIpc) is 3.29. The quantitative estimate of drug-likeness (QED) is 0.450. The largest absolute Gasteiger partial charge is 0.268 e. The van der Waals surface area contributed by atoms with E-state index in [1.54, 1.807) is 10.7 Å². The van der Waals surface area contributed by atoms with Crippen LogP contribution in [0.15, 0.2) is 53.6 Å². The van der Waals surface area contributed by atoms with Gasteiger partial charge in [0.15, 0.2) is 5.65 Å². The molecule has 11 heteroatoms. The highest BCUT2D eigenvalue weighted by molar-refractivity contribution is 7.90. The van der Waals surface area contributed by atoms with Crippen LogP contribution in [-0.2, 0) is 16.6 Å². The summed E-state index contributed by atoms with van der Waals surface area (Å²) in [6.45, 7) is 2.44. The van der Waals surface area contributed by atoms with E-state index in [0.29, 0.717) is 23.3 Å². The van der Waals surface area contributed by atoms with Crippen LogP contribution in [0.1, 0.15) is 17.3 Å². The van der Waals surface area contributed by atoms with Gasteiger partial charge in [-0.1, -0.05) is 53.5 Å². The highest BCUT2D eigenvalue weighted by atomic mass is 35.5. The summed E-state index contributed by atoms with van der Waals surface area (Å²) in [5.41, 5.74) is 1.93. The molecule has 0 aliphatic carbocycles. The van der Waals surface area contributed by atoms with E-state index in [1.165, 1.54) is 12.3 Å². The number of hydrogen-bond donors (Lipinski definition) is 1. The van der Waals surface area contributed by atoms with Gasteiger partial charge in [0, 0.05) is 12.1 Å². The summed E-state index contributed by atoms with van der Waals surface area (Å²) in [4.78, 5) is 17.4. The van der Waals surface area contributed by atoms with Gasteiger partial charge in [-0.2, -0.15) is 5.10 Å². The Morgan fingerprint density at radius 1 is 1.20 bits per heavy atom. The van der Waals surface area contributed by atoms with Gasteiger partial charge in [0.05, 0.1) is 27.2 Å². The fourth-order valence-electron chi connectivity index (χ4n) is 2.96. The van der Waals surface area contributed by atoms with Crippen molar-refractivity contribution in [2.45, 2.75) is 18.4 Å². The molecule has 4 aromatic rings. The molecule has 0 aliphatic heterocycles. The smallest absolute Gasteiger partial charge is 0.266 e. The third-order valence-corrected chi connectivity index (χ3v) is 7.45. The zero-order valence-electron chi connectivity index (χ0n) is 15.5. The lowest BCUT2D eigenvalue weighted by molar-refractivity contribution is 0.0983. The van der Waals surface area contributed by atoms with Crippen LogP contribution in [0.4, 0.5) is 0 Å². The molecule has 0 spiro atoms. The monoisotopic (exact) mass is 480 g/mol. The number of nitrogens with zero attached hydrogens (tertiary/aromatic N) is 3. The first-order valence-corrected chi connectivity index (χ1v) is 11.8. The number of aryl methyl sites for hydroxylation is 1. The number of fused-ring (bicyclic) bond motifs is 1. The van der Waals surface area contributed by atoms with E-state index >= 15 is 0 Å². The van der Waals surface area contributed by atoms with E-state index in [-0.39, 0.29) is 19.1 Å². The van der Waals surface area contributed by atoms with Crippen LogP contribution in [0.5, 0.6) is 0 Å². The van der Waals surface area contributed by atoms with E-state index < -0.39 is 15.9 Å². The van der Waals surface area contributed by atoms with Crippen molar-refractivity contribution in [3.05, 3.63) is 62.9 Å². The van der Waals surface area contributed by atoms with Crippen molar-refractivity contribution in [3.63, 3.8) is 0 Å². The fraction of sp³-hybridized carbons (Fsp3) is 0.105. The molecule has 154 valence electrons. The van der Waals surface area contributed by atoms with Crippen molar-refractivity contribution >= 4 is 61.5 Å². The Kier molecular flexibility index (Phi) is 5.54. The molecule has 3 aromatic heterocycles. The van der Waals surface area contributed by atoms with Gasteiger partial charge in [0.1, 0.15) is 9.23 Å². The van der Waals surface area contributed by atoms with Gasteiger partial charge in [0.25, 0.3) is 15.9 Å². The van der Waals surface area contributed by atoms with Crippen molar-refractivity contribution in [1.29, 1.82) is 0 Å². The Morgan fingerprint density at radius 3 is 2.57 bits per heavy atom. The summed E-state index contributed by atoms with van der Waals surface area (Å²) < 4.78 is 29.3. The number of hydrogen-bond acceptors (Lipinski definition) is 6. The molecule has 3 heterocycles. The number of benzene rings is 1. The number of rotatable bonds is 5. The molecule has 0 atom stereocenters. The van der Waals surface area contributed by atoms with Crippen LogP contribution in [0, 0.1) is 0 Å². The lowest BCUT2D eigenvalue weighted by Gasteiger charge is -2.10. The number of amides is 1. The van der Waals surface area contributed by atoms with Crippen LogP contribution in [0.25, 0.3) is 22.3 Å². The molecule has 0 bridgehead atoms. The summed E-state index contributed by atoms with van der Waals surface area (Å²) in [5.74, 6) is -0.811. The number of nitrogens with one attached hydrogen (secondary N) is 1. The number of sulfonamides is 1. The zero-order chi connectivity index (χ0) is 21.5. The summed E-state index contributed by atoms with van der Waals surface area (Å²) in [5, 5.41) is 4.69. The van der Waals surface area contributed by atoms with Crippen molar-refractivity contribution in [2.24, 2.45) is 0 Å². The van der Waals surface area contributed by atoms with Crippen LogP contribution in [0.2, 0.25) is 8.67 Å². The predicted octanol–water partition coefficient (Wildman–Crippen LogP) is 4.61. The molecule has 1 aromatic carbocycles. The van der Waals surface area contributed by atoms with Gasteiger partial charge < -0.3 is 0 Å². The molecule has 0 radical (unpaired) electrons. The molecular formula is C19H14Cl2N4O3S2. The van der Waals surface area contributed by atoms with Gasteiger partial charge in [-0.05, 0) is 19.1 Å². The van der Waals surface area contributed by atoms with Crippen molar-refractivity contribution < 1.29 is 13.2 Å². The zero-order valence-corrected chi connectivity index (χ0v) is 18.6. The number of aromatic nitrogens is 3. The standard InChI is InChI=1S/C19H14Cl2N4O3S2/c1-2-25-18-13(10-22-25)12(8-14(23-18)11-6-4-3-5-7-11)19(26)24-30(27,28)15-9-16(20)29-17(15)21/h3-10H,2H2,1H3,(H,24,26). The number of pyridine rings is 1. The Morgan fingerprint density at radius 2 is 1.93 bits per heavy atom. The molecule has 0 saturated heterocycles. The number of halogens is 2. The van der Waals surface area contributed by atoms with Gasteiger partial charge in [-0.15, -0.1) is 11.3 Å². The summed E-state index contributed by atoms with van der Waals surface area (Å²) in [6.07, 6.45) is 1.50. The van der Waals surface area contributed by atoms with Crippen molar-refractivity contribution in [1.82, 2.24) is 19.5 Å². The first kappa shape index (κ1) is 20.8. The molecule has 0 saturated carbocycles. The second-order valence-corrected chi connectivity index (χ2v) is 10.2. The maximum Gasteiger partial charge on any atom is 0.266 e. The Labute approximate surface area is 186 Å². The highest BCUT2D eigenvalue weighted by Gasteiger charge is 2.26. The summed E-state index contributed by atoms with van der Waals surface area (Å²) in [7, 11) is -4.22. The van der Waals surface area contributed by atoms with E-state index in [4.69, 9.17) is 23.2 Å². The second-order valence-electron chi connectivity index (χ2n) is 6.24. The predicted molar refractivity (Wildman–Crippen MR) is 118 cm³/mol. The van der Waals surface area contributed by atoms with Gasteiger partial charge in [-0.3, -0.25) is 4.79 Å². The molecule has 30 heavy (non-hydrogen) atoms. The normalized spacial score (nSPS) is 11.7. The molecular weight excluding hydrogens is 467 g/mol. The molecule has 4 rings (SSSR count). The van der Waals surface area contributed by atoms with Crippen LogP contribution in [0.3, 0.4) is 0 Å². The van der Waals surface area contributed by atoms with E-state index in [2.05, 4.69) is 14.8 Å². The molecule has 1 amide bonds. The highest BCUT2D eigenvalue weighted by Crippen LogP contribution is 2.34. The Bertz CT molecular complexity index is 1370. The summed E-state index contributed by atoms with van der Waals surface area (Å²) in [6, 6.07) is 12.0. The van der Waals surface area contributed by atoms with E-state index in [1.807, 2.05) is 37.3 Å². The topological polar surface area (TPSA) is 94.0 Å². The molecule has 0 unspecified atom stereocenters. The first-order chi connectivity index (χ1) is 14.3. The minimum absolute atomic E-state index is 0.0241. The van der Waals surface area contributed by atoms with Gasteiger partial charge >= 0.3 is 0 Å². The minimum Gasteiger partial charge on any atom is -0.268 e. The van der Waals surface area contributed by atoms with Crippen LogP contribution >= 0.6 is 34.5 Å². The third kappa shape index (κ3) is 3.81.